The molecule has 0 bridgehead atoms. The Morgan fingerprint density at radius 3 is 2.70 bits per heavy atom. The molecule has 0 aromatic carbocycles. The van der Waals surface area contributed by atoms with E-state index in [2.05, 4.69) is 19.9 Å². The summed E-state index contributed by atoms with van der Waals surface area (Å²) in [5.41, 5.74) is 16.3. The van der Waals surface area contributed by atoms with Crippen molar-refractivity contribution in [2.75, 3.05) is 0 Å². The van der Waals surface area contributed by atoms with E-state index in [0.29, 0.717) is 11.5 Å². The maximum Gasteiger partial charge on any atom is 0.178 e. The highest BCUT2D eigenvalue weighted by Crippen LogP contribution is 2.33. The summed E-state index contributed by atoms with van der Waals surface area (Å²) in [7, 11) is 0. The van der Waals surface area contributed by atoms with E-state index in [1.54, 1.807) is 18.6 Å². The molecule has 0 atom stereocenters. The molecule has 0 aliphatic heterocycles. The Bertz CT molecular complexity index is 1130. The zero-order valence-corrected chi connectivity index (χ0v) is 14.8. The Hall–Kier alpha value is -2.97. The highest BCUT2D eigenvalue weighted by atomic mass is 15.3. The van der Waals surface area contributed by atoms with Crippen LogP contribution in [0.5, 0.6) is 0 Å². The number of pyridine rings is 1. The minimum atomic E-state index is -0.505. The molecule has 5 rings (SSSR count). The van der Waals surface area contributed by atoms with Crippen LogP contribution in [0.2, 0.25) is 0 Å². The quantitative estimate of drug-likeness (QED) is 0.559. The van der Waals surface area contributed by atoms with Gasteiger partial charge in [0.05, 0.1) is 17.3 Å². The second-order valence-corrected chi connectivity index (χ2v) is 7.26. The molecule has 4 aromatic rings. The van der Waals surface area contributed by atoms with Crippen LogP contribution >= 0.6 is 0 Å². The SMILES string of the molecule is NC1CCC(N)(c2ncc3c(-c4cnc5nccnc5c4)ccn3n2)CC1. The van der Waals surface area contributed by atoms with E-state index in [0.717, 1.165) is 47.8 Å². The highest BCUT2D eigenvalue weighted by molar-refractivity contribution is 5.84. The van der Waals surface area contributed by atoms with E-state index in [4.69, 9.17) is 16.6 Å². The van der Waals surface area contributed by atoms with Gasteiger partial charge in [0.25, 0.3) is 0 Å². The van der Waals surface area contributed by atoms with E-state index >= 15 is 0 Å². The van der Waals surface area contributed by atoms with Crippen molar-refractivity contribution >= 4 is 16.7 Å². The summed E-state index contributed by atoms with van der Waals surface area (Å²) in [6.45, 7) is 0. The molecule has 8 heteroatoms. The van der Waals surface area contributed by atoms with Gasteiger partial charge >= 0.3 is 0 Å². The number of fused-ring (bicyclic) bond motifs is 2. The first kappa shape index (κ1) is 16.2. The molecule has 4 N–H and O–H groups in total. The minimum Gasteiger partial charge on any atom is -0.328 e. The fourth-order valence-electron chi connectivity index (χ4n) is 3.76. The molecular weight excluding hydrogens is 340 g/mol. The van der Waals surface area contributed by atoms with Gasteiger partial charge in [-0.1, -0.05) is 0 Å². The zero-order chi connectivity index (χ0) is 18.4. The molecule has 0 radical (unpaired) electrons. The third kappa shape index (κ3) is 2.73. The summed E-state index contributed by atoms with van der Waals surface area (Å²) in [4.78, 5) is 17.5. The molecule has 1 saturated carbocycles. The third-order valence-electron chi connectivity index (χ3n) is 5.42. The third-order valence-corrected chi connectivity index (χ3v) is 5.42. The second-order valence-electron chi connectivity index (χ2n) is 7.26. The van der Waals surface area contributed by atoms with Gasteiger partial charge in [0.15, 0.2) is 11.5 Å². The monoisotopic (exact) mass is 360 g/mol. The van der Waals surface area contributed by atoms with Crippen LogP contribution in [0.1, 0.15) is 31.5 Å². The number of hydrogen-bond acceptors (Lipinski definition) is 7. The van der Waals surface area contributed by atoms with Crippen LogP contribution in [0.4, 0.5) is 0 Å². The Kier molecular flexibility index (Phi) is 3.63. The first-order chi connectivity index (χ1) is 13.1. The molecule has 0 unspecified atom stereocenters. The van der Waals surface area contributed by atoms with Crippen molar-refractivity contribution in [2.24, 2.45) is 11.5 Å². The fourth-order valence-corrected chi connectivity index (χ4v) is 3.76. The first-order valence-corrected chi connectivity index (χ1v) is 9.09. The zero-order valence-electron chi connectivity index (χ0n) is 14.8. The topological polar surface area (TPSA) is 121 Å². The number of hydrogen-bond donors (Lipinski definition) is 2. The van der Waals surface area contributed by atoms with Gasteiger partial charge in [-0.05, 0) is 37.8 Å². The standard InChI is InChI=1S/C19H20N8/c20-13-1-4-19(21,5-2-13)18-25-11-16-14(3-8-27(16)26-18)12-9-15-17(24-10-12)23-7-6-22-15/h3,6-11,13H,1-2,4-5,20-21H2. The van der Waals surface area contributed by atoms with Gasteiger partial charge in [-0.15, -0.1) is 0 Å². The van der Waals surface area contributed by atoms with Crippen LogP contribution in [0.25, 0.3) is 27.8 Å². The summed E-state index contributed by atoms with van der Waals surface area (Å²) in [6.07, 6.45) is 12.3. The lowest BCUT2D eigenvalue weighted by atomic mass is 9.80. The van der Waals surface area contributed by atoms with Crippen LogP contribution in [0.3, 0.4) is 0 Å². The molecule has 0 spiro atoms. The van der Waals surface area contributed by atoms with Crippen LogP contribution in [-0.2, 0) is 5.54 Å². The summed E-state index contributed by atoms with van der Waals surface area (Å²) in [6, 6.07) is 4.21. The molecule has 1 fully saturated rings. The molecule has 0 amide bonds. The smallest absolute Gasteiger partial charge is 0.178 e. The average molecular weight is 360 g/mol. The van der Waals surface area contributed by atoms with Gasteiger partial charge in [-0.3, -0.25) is 4.98 Å². The second kappa shape index (κ2) is 6.04. The lowest BCUT2D eigenvalue weighted by molar-refractivity contribution is 0.262. The first-order valence-electron chi connectivity index (χ1n) is 9.09. The Labute approximate surface area is 155 Å². The van der Waals surface area contributed by atoms with Crippen molar-refractivity contribution in [3.8, 4) is 11.1 Å². The van der Waals surface area contributed by atoms with Gasteiger partial charge in [0.1, 0.15) is 5.52 Å². The lowest BCUT2D eigenvalue weighted by Crippen LogP contribution is -2.45. The molecule has 4 heterocycles. The highest BCUT2D eigenvalue weighted by Gasteiger charge is 2.35. The van der Waals surface area contributed by atoms with E-state index in [-0.39, 0.29) is 6.04 Å². The summed E-state index contributed by atoms with van der Waals surface area (Å²) >= 11 is 0. The molecular formula is C19H20N8. The number of nitrogens with two attached hydrogens (primary N) is 2. The van der Waals surface area contributed by atoms with Crippen LogP contribution in [0.15, 0.2) is 43.1 Å². The molecule has 27 heavy (non-hydrogen) atoms. The van der Waals surface area contributed by atoms with Gasteiger partial charge in [-0.2, -0.15) is 5.10 Å². The van der Waals surface area contributed by atoms with E-state index in [9.17, 15) is 0 Å². The van der Waals surface area contributed by atoms with Crippen molar-refractivity contribution in [1.82, 2.24) is 29.5 Å². The molecule has 1 aliphatic carbocycles. The van der Waals surface area contributed by atoms with E-state index in [1.807, 2.05) is 29.0 Å². The molecule has 0 saturated heterocycles. The van der Waals surface area contributed by atoms with Crippen LogP contribution in [0, 0.1) is 0 Å². The number of rotatable bonds is 2. The Morgan fingerprint density at radius 1 is 1.04 bits per heavy atom. The predicted molar refractivity (Wildman–Crippen MR) is 102 cm³/mol. The summed E-state index contributed by atoms with van der Waals surface area (Å²) < 4.78 is 1.84. The lowest BCUT2D eigenvalue weighted by Gasteiger charge is -2.34. The maximum absolute atomic E-state index is 6.59. The average Bonchev–Trinajstić information content (AvgIpc) is 3.13. The molecule has 1 aliphatic rings. The van der Waals surface area contributed by atoms with Crippen molar-refractivity contribution in [2.45, 2.75) is 37.3 Å². The number of nitrogens with zero attached hydrogens (tertiary/aromatic N) is 6. The maximum atomic E-state index is 6.59. The van der Waals surface area contributed by atoms with E-state index < -0.39 is 5.54 Å². The largest absolute Gasteiger partial charge is 0.328 e. The fraction of sp³-hybridized carbons (Fsp3) is 0.316. The van der Waals surface area contributed by atoms with Crippen molar-refractivity contribution in [3.05, 3.63) is 48.9 Å². The van der Waals surface area contributed by atoms with Gasteiger partial charge in [0, 0.05) is 42.0 Å². The number of aromatic nitrogens is 6. The van der Waals surface area contributed by atoms with Crippen LogP contribution in [-0.4, -0.2) is 35.6 Å². The van der Waals surface area contributed by atoms with Gasteiger partial charge < -0.3 is 11.5 Å². The van der Waals surface area contributed by atoms with Crippen molar-refractivity contribution in [1.29, 1.82) is 0 Å². The van der Waals surface area contributed by atoms with Gasteiger partial charge in [0.2, 0.25) is 0 Å². The minimum absolute atomic E-state index is 0.229. The van der Waals surface area contributed by atoms with Crippen molar-refractivity contribution in [3.63, 3.8) is 0 Å². The molecule has 136 valence electrons. The Balaban J connectivity index is 1.55. The molecule has 4 aromatic heterocycles. The van der Waals surface area contributed by atoms with Gasteiger partial charge in [-0.25, -0.2) is 19.5 Å². The van der Waals surface area contributed by atoms with E-state index in [1.165, 1.54) is 0 Å². The normalized spacial score (nSPS) is 23.1. The molecule has 8 nitrogen and oxygen atoms in total. The van der Waals surface area contributed by atoms with Crippen LogP contribution < -0.4 is 11.5 Å². The summed E-state index contributed by atoms with van der Waals surface area (Å²) in [5.74, 6) is 0.673. The van der Waals surface area contributed by atoms with Crippen molar-refractivity contribution < 1.29 is 0 Å². The predicted octanol–water partition coefficient (Wildman–Crippen LogP) is 1.79. The Morgan fingerprint density at radius 2 is 1.85 bits per heavy atom. The summed E-state index contributed by atoms with van der Waals surface area (Å²) in [5, 5.41) is 4.70.